The van der Waals surface area contributed by atoms with E-state index in [9.17, 15) is 9.90 Å². The first-order chi connectivity index (χ1) is 8.91. The van der Waals surface area contributed by atoms with Gasteiger partial charge in [0.25, 0.3) is 0 Å². The molecule has 0 aromatic carbocycles. The Kier molecular flexibility index (Phi) is 6.68. The van der Waals surface area contributed by atoms with E-state index in [0.717, 1.165) is 25.7 Å². The van der Waals surface area contributed by atoms with E-state index in [-0.39, 0.29) is 18.1 Å². The maximum atomic E-state index is 12.0. The first-order valence-electron chi connectivity index (χ1n) is 6.82. The van der Waals surface area contributed by atoms with Gasteiger partial charge in [-0.3, -0.25) is 9.69 Å². The molecule has 0 heterocycles. The molecule has 2 atom stereocenters. The maximum Gasteiger partial charge on any atom is 0.236 e. The van der Waals surface area contributed by atoms with Gasteiger partial charge >= 0.3 is 0 Å². The van der Waals surface area contributed by atoms with Crippen molar-refractivity contribution in [2.75, 3.05) is 27.2 Å². The molecule has 0 aromatic heterocycles. The van der Waals surface area contributed by atoms with E-state index < -0.39 is 0 Å². The minimum Gasteiger partial charge on any atom is -0.393 e. The molecule has 5 nitrogen and oxygen atoms in total. The van der Waals surface area contributed by atoms with E-state index in [1.54, 1.807) is 11.9 Å². The molecular formula is C13H25N3O2S. The molecule has 3 N–H and O–H groups in total. The number of aliphatic hydroxyl groups is 1. The highest BCUT2D eigenvalue weighted by atomic mass is 32.1. The topological polar surface area (TPSA) is 69.8 Å². The molecule has 0 bridgehead atoms. The van der Waals surface area contributed by atoms with Crippen molar-refractivity contribution in [3.63, 3.8) is 0 Å². The minimum atomic E-state index is -0.312. The number of thiocarbonyl (C=S) groups is 1. The van der Waals surface area contributed by atoms with Crippen LogP contribution in [0.2, 0.25) is 0 Å². The molecule has 1 aliphatic rings. The van der Waals surface area contributed by atoms with Gasteiger partial charge in [-0.15, -0.1) is 0 Å². The maximum absolute atomic E-state index is 12.0. The molecule has 110 valence electrons. The van der Waals surface area contributed by atoms with Gasteiger partial charge in [-0.2, -0.15) is 0 Å². The van der Waals surface area contributed by atoms with Crippen molar-refractivity contribution in [2.45, 2.75) is 44.2 Å². The van der Waals surface area contributed by atoms with Crippen LogP contribution in [-0.4, -0.2) is 65.1 Å². The molecule has 1 fully saturated rings. The van der Waals surface area contributed by atoms with Crippen molar-refractivity contribution in [1.29, 1.82) is 0 Å². The number of aliphatic hydroxyl groups excluding tert-OH is 1. The number of amides is 1. The summed E-state index contributed by atoms with van der Waals surface area (Å²) < 4.78 is 0. The van der Waals surface area contributed by atoms with Crippen LogP contribution in [0.5, 0.6) is 0 Å². The van der Waals surface area contributed by atoms with Gasteiger partial charge in [-0.1, -0.05) is 25.1 Å². The van der Waals surface area contributed by atoms with Crippen LogP contribution in [0.4, 0.5) is 0 Å². The summed E-state index contributed by atoms with van der Waals surface area (Å²) in [5.41, 5.74) is 5.43. The molecule has 6 heteroatoms. The van der Waals surface area contributed by atoms with Crippen LogP contribution in [0.15, 0.2) is 0 Å². The number of carbonyl (C=O) groups excluding carboxylic acids is 1. The van der Waals surface area contributed by atoms with Crippen molar-refractivity contribution in [1.82, 2.24) is 9.80 Å². The molecule has 0 saturated heterocycles. The zero-order valence-corrected chi connectivity index (χ0v) is 12.7. The highest BCUT2D eigenvalue weighted by Crippen LogP contribution is 2.22. The summed E-state index contributed by atoms with van der Waals surface area (Å²) in [6.45, 7) is 0.880. The first kappa shape index (κ1) is 16.3. The monoisotopic (exact) mass is 287 g/mol. The Morgan fingerprint density at radius 3 is 2.58 bits per heavy atom. The van der Waals surface area contributed by atoms with E-state index in [0.29, 0.717) is 24.5 Å². The predicted octanol–water partition coefficient (Wildman–Crippen LogP) is 0.356. The summed E-state index contributed by atoms with van der Waals surface area (Å²) >= 11 is 4.80. The molecule has 1 saturated carbocycles. The molecule has 1 amide bonds. The Balaban J connectivity index is 2.39. The molecule has 0 aliphatic heterocycles. The second-order valence-electron chi connectivity index (χ2n) is 5.37. The molecule has 1 rings (SSSR count). The van der Waals surface area contributed by atoms with Crippen LogP contribution >= 0.6 is 12.2 Å². The van der Waals surface area contributed by atoms with Gasteiger partial charge < -0.3 is 15.7 Å². The average Bonchev–Trinajstić information content (AvgIpc) is 2.36. The van der Waals surface area contributed by atoms with E-state index in [2.05, 4.69) is 0 Å². The Labute approximate surface area is 120 Å². The van der Waals surface area contributed by atoms with Crippen molar-refractivity contribution in [2.24, 2.45) is 5.73 Å². The number of hydrogen-bond donors (Lipinski definition) is 2. The van der Waals surface area contributed by atoms with Crippen molar-refractivity contribution < 1.29 is 9.90 Å². The lowest BCUT2D eigenvalue weighted by Gasteiger charge is -2.35. The number of hydrogen-bond acceptors (Lipinski definition) is 4. The fraction of sp³-hybridized carbons (Fsp3) is 0.846. The lowest BCUT2D eigenvalue weighted by Crippen LogP contribution is -2.47. The summed E-state index contributed by atoms with van der Waals surface area (Å²) in [5, 5.41) is 9.97. The fourth-order valence-electron chi connectivity index (χ4n) is 2.46. The second-order valence-corrected chi connectivity index (χ2v) is 5.89. The highest BCUT2D eigenvalue weighted by molar-refractivity contribution is 7.80. The van der Waals surface area contributed by atoms with E-state index in [1.807, 2.05) is 11.9 Å². The van der Waals surface area contributed by atoms with Crippen LogP contribution in [0.1, 0.15) is 32.1 Å². The summed E-state index contributed by atoms with van der Waals surface area (Å²) in [4.78, 5) is 16.1. The zero-order valence-electron chi connectivity index (χ0n) is 11.8. The van der Waals surface area contributed by atoms with Crippen molar-refractivity contribution in [3.8, 4) is 0 Å². The number of carbonyl (C=O) groups is 1. The number of likely N-dealkylation sites (N-methyl/N-ethyl adjacent to an activating group) is 2. The Morgan fingerprint density at radius 1 is 1.37 bits per heavy atom. The summed E-state index contributed by atoms with van der Waals surface area (Å²) in [5.74, 6) is 0.0384. The molecule has 1 aliphatic carbocycles. The van der Waals surface area contributed by atoms with Crippen molar-refractivity contribution >= 4 is 23.1 Å². The minimum absolute atomic E-state index is 0.0384. The first-order valence-corrected chi connectivity index (χ1v) is 7.23. The third kappa shape index (κ3) is 5.42. The SMILES string of the molecule is CN(CCC(N)=S)C(=O)CN(C)C1CCCCC1O. The Bertz CT molecular complexity index is 325. The van der Waals surface area contributed by atoms with Gasteiger partial charge in [0.1, 0.15) is 0 Å². The molecule has 0 spiro atoms. The van der Waals surface area contributed by atoms with Gasteiger partial charge in [-0.05, 0) is 19.9 Å². The molecule has 19 heavy (non-hydrogen) atoms. The number of rotatable bonds is 6. The van der Waals surface area contributed by atoms with Crippen LogP contribution < -0.4 is 5.73 Å². The quantitative estimate of drug-likeness (QED) is 0.690. The normalized spacial score (nSPS) is 23.4. The van der Waals surface area contributed by atoms with Gasteiger partial charge in [0.05, 0.1) is 17.6 Å². The van der Waals surface area contributed by atoms with Gasteiger partial charge in [-0.25, -0.2) is 0 Å². The number of nitrogens with two attached hydrogens (primary N) is 1. The van der Waals surface area contributed by atoms with Gasteiger partial charge in [0.15, 0.2) is 0 Å². The smallest absolute Gasteiger partial charge is 0.236 e. The van der Waals surface area contributed by atoms with E-state index in [4.69, 9.17) is 18.0 Å². The zero-order chi connectivity index (χ0) is 14.4. The average molecular weight is 287 g/mol. The number of nitrogens with zero attached hydrogens (tertiary/aromatic N) is 2. The van der Waals surface area contributed by atoms with Crippen LogP contribution in [-0.2, 0) is 4.79 Å². The molecule has 0 aromatic rings. The summed E-state index contributed by atoms with van der Waals surface area (Å²) in [6.07, 6.45) is 4.23. The highest BCUT2D eigenvalue weighted by Gasteiger charge is 2.28. The van der Waals surface area contributed by atoms with Crippen LogP contribution in [0, 0.1) is 0 Å². The third-order valence-electron chi connectivity index (χ3n) is 3.76. The second kappa shape index (κ2) is 7.77. The lowest BCUT2D eigenvalue weighted by atomic mass is 9.91. The largest absolute Gasteiger partial charge is 0.393 e. The Hall–Kier alpha value is -0.720. The lowest BCUT2D eigenvalue weighted by molar-refractivity contribution is -0.132. The van der Waals surface area contributed by atoms with E-state index in [1.165, 1.54) is 0 Å². The van der Waals surface area contributed by atoms with Crippen LogP contribution in [0.3, 0.4) is 0 Å². The standard InChI is InChI=1S/C13H25N3O2S/c1-15(8-7-12(14)19)13(18)9-16(2)10-5-3-4-6-11(10)17/h10-11,17H,3-9H2,1-2H3,(H2,14,19). The summed E-state index contributed by atoms with van der Waals surface area (Å²) in [6, 6.07) is 0.0988. The molecule has 2 unspecified atom stereocenters. The molecule has 0 radical (unpaired) electrons. The fourth-order valence-corrected chi connectivity index (χ4v) is 2.55. The van der Waals surface area contributed by atoms with Crippen LogP contribution in [0.25, 0.3) is 0 Å². The molecular weight excluding hydrogens is 262 g/mol. The van der Waals surface area contributed by atoms with Crippen molar-refractivity contribution in [3.05, 3.63) is 0 Å². The summed E-state index contributed by atoms with van der Waals surface area (Å²) in [7, 11) is 3.66. The van der Waals surface area contributed by atoms with Gasteiger partial charge in [0.2, 0.25) is 5.91 Å². The van der Waals surface area contributed by atoms with Gasteiger partial charge in [0, 0.05) is 26.1 Å². The predicted molar refractivity (Wildman–Crippen MR) is 79.9 cm³/mol. The third-order valence-corrected chi connectivity index (χ3v) is 3.97. The Morgan fingerprint density at radius 2 is 2.00 bits per heavy atom. The van der Waals surface area contributed by atoms with E-state index >= 15 is 0 Å².